The van der Waals surface area contributed by atoms with Crippen LogP contribution in [0.1, 0.15) is 6.92 Å². The Kier molecular flexibility index (Phi) is 6.66. The van der Waals surface area contributed by atoms with Crippen LogP contribution in [0.5, 0.6) is 0 Å². The zero-order valence-electron chi connectivity index (χ0n) is 10.8. The molecule has 0 spiro atoms. The molecule has 5 heteroatoms. The van der Waals surface area contributed by atoms with Crippen LogP contribution < -0.4 is 10.9 Å². The second kappa shape index (κ2) is 8.01. The van der Waals surface area contributed by atoms with Gasteiger partial charge in [-0.05, 0) is 54.1 Å². The third-order valence-corrected chi connectivity index (χ3v) is 4.07. The van der Waals surface area contributed by atoms with Crippen molar-refractivity contribution < 1.29 is 5.11 Å². The Morgan fingerprint density at radius 1 is 1.32 bits per heavy atom. The molecule has 0 aliphatic heterocycles. The summed E-state index contributed by atoms with van der Waals surface area (Å²) in [5.74, 6) is 0.344. The van der Waals surface area contributed by atoms with Crippen LogP contribution in [-0.4, -0.2) is 11.7 Å². The highest BCUT2D eigenvalue weighted by atomic mass is 32.2. The number of aliphatic hydroxyl groups is 1. The van der Waals surface area contributed by atoms with Gasteiger partial charge in [0, 0.05) is 16.3 Å². The Morgan fingerprint density at radius 3 is 2.63 bits per heavy atom. The van der Waals surface area contributed by atoms with Crippen LogP contribution in [0.2, 0.25) is 0 Å². The lowest BCUT2D eigenvalue weighted by atomic mass is 10.2. The molecule has 2 rings (SSSR count). The van der Waals surface area contributed by atoms with Gasteiger partial charge in [-0.1, -0.05) is 18.2 Å². The van der Waals surface area contributed by atoms with E-state index in [-0.39, 0.29) is 6.15 Å². The summed E-state index contributed by atoms with van der Waals surface area (Å²) in [6.07, 6.45) is 1.74. The van der Waals surface area contributed by atoms with Gasteiger partial charge in [0.25, 0.3) is 0 Å². The average Bonchev–Trinajstić information content (AvgIpc) is 2.89. The minimum Gasteiger partial charge on any atom is -0.513 e. The highest BCUT2D eigenvalue weighted by Gasteiger charge is 1.98. The van der Waals surface area contributed by atoms with E-state index in [1.54, 1.807) is 36.3 Å². The molecule has 0 radical (unpaired) electrons. The van der Waals surface area contributed by atoms with E-state index in [9.17, 15) is 0 Å². The molecule has 0 amide bonds. The largest absolute Gasteiger partial charge is 0.513 e. The predicted octanol–water partition coefficient (Wildman–Crippen LogP) is 4.64. The number of rotatable bonds is 5. The minimum absolute atomic E-state index is 0. The van der Waals surface area contributed by atoms with Gasteiger partial charge in [0.1, 0.15) is 0 Å². The molecule has 1 heterocycles. The van der Waals surface area contributed by atoms with Gasteiger partial charge in [-0.25, -0.2) is 0 Å². The molecule has 3 nitrogen and oxygen atoms in total. The second-order valence-corrected chi connectivity index (χ2v) is 5.71. The lowest BCUT2D eigenvalue weighted by Gasteiger charge is -2.03. The van der Waals surface area contributed by atoms with Crippen LogP contribution >= 0.6 is 23.3 Å². The van der Waals surface area contributed by atoms with Gasteiger partial charge in [-0.15, -0.1) is 11.3 Å². The quantitative estimate of drug-likeness (QED) is 0.427. The van der Waals surface area contributed by atoms with Gasteiger partial charge >= 0.3 is 0 Å². The Morgan fingerprint density at radius 2 is 2.05 bits per heavy atom. The molecule has 0 saturated carbocycles. The van der Waals surface area contributed by atoms with E-state index in [0.29, 0.717) is 12.3 Å². The van der Waals surface area contributed by atoms with E-state index in [1.165, 1.54) is 15.3 Å². The maximum absolute atomic E-state index is 9.00. The third kappa shape index (κ3) is 5.08. The number of aliphatic hydroxyl groups excluding tert-OH is 1. The fraction of sp³-hybridized carbons (Fsp3) is 0.143. The number of benzene rings is 1. The molecule has 0 fully saturated rings. The first kappa shape index (κ1) is 15.8. The van der Waals surface area contributed by atoms with Crippen LogP contribution in [0.3, 0.4) is 0 Å². The second-order valence-electron chi connectivity index (χ2n) is 3.80. The van der Waals surface area contributed by atoms with E-state index in [1.807, 2.05) is 0 Å². The summed E-state index contributed by atoms with van der Waals surface area (Å²) < 4.78 is 3.17. The van der Waals surface area contributed by atoms with Gasteiger partial charge in [-0.2, -0.15) is 0 Å². The van der Waals surface area contributed by atoms with Crippen molar-refractivity contribution >= 4 is 23.3 Å². The summed E-state index contributed by atoms with van der Waals surface area (Å²) in [6.45, 7) is 2.32. The molecule has 1 aromatic heterocycles. The molecule has 102 valence electrons. The van der Waals surface area contributed by atoms with Crippen molar-refractivity contribution in [3.05, 3.63) is 53.6 Å². The molecule has 0 atom stereocenters. The molecular formula is C14H18N2OS2. The van der Waals surface area contributed by atoms with Crippen LogP contribution in [0.25, 0.3) is 10.4 Å². The van der Waals surface area contributed by atoms with Gasteiger partial charge < -0.3 is 11.3 Å². The van der Waals surface area contributed by atoms with Crippen molar-refractivity contribution in [1.82, 2.24) is 10.9 Å². The third-order valence-electron chi connectivity index (χ3n) is 2.33. The summed E-state index contributed by atoms with van der Waals surface area (Å²) in [4.78, 5) is 2.46. The summed E-state index contributed by atoms with van der Waals surface area (Å²) in [5.41, 5.74) is 1.25. The molecule has 2 aromatic rings. The molecule has 5 N–H and O–H groups in total. The maximum Gasteiger partial charge on any atom is 0.0865 e. The van der Waals surface area contributed by atoms with Crippen LogP contribution in [0.4, 0.5) is 0 Å². The summed E-state index contributed by atoms with van der Waals surface area (Å²) in [7, 11) is 0. The van der Waals surface area contributed by atoms with Gasteiger partial charge in [0.2, 0.25) is 0 Å². The van der Waals surface area contributed by atoms with Gasteiger partial charge in [-0.3, -0.25) is 4.72 Å². The number of allylic oxidation sites excluding steroid dienone is 1. The normalized spacial score (nSPS) is 11.1. The van der Waals surface area contributed by atoms with Crippen molar-refractivity contribution in [1.29, 1.82) is 0 Å². The van der Waals surface area contributed by atoms with E-state index in [4.69, 9.17) is 5.11 Å². The van der Waals surface area contributed by atoms with Crippen molar-refractivity contribution in [3.63, 3.8) is 0 Å². The molecule has 0 bridgehead atoms. The van der Waals surface area contributed by atoms with Crippen molar-refractivity contribution in [2.45, 2.75) is 11.8 Å². The van der Waals surface area contributed by atoms with Crippen LogP contribution in [0, 0.1) is 0 Å². The zero-order valence-corrected chi connectivity index (χ0v) is 12.4. The fourth-order valence-corrected chi connectivity index (χ4v) is 2.78. The molecule has 0 unspecified atom stereocenters. The molecule has 0 saturated heterocycles. The Hall–Kier alpha value is -1.27. The summed E-state index contributed by atoms with van der Waals surface area (Å²) in [6, 6.07) is 12.6. The van der Waals surface area contributed by atoms with Gasteiger partial charge in [0.15, 0.2) is 0 Å². The number of nitrogens with one attached hydrogen (secondary N) is 1. The monoisotopic (exact) mass is 294 g/mol. The predicted molar refractivity (Wildman–Crippen MR) is 85.0 cm³/mol. The topological polar surface area (TPSA) is 67.3 Å². The van der Waals surface area contributed by atoms with Crippen LogP contribution in [-0.2, 0) is 0 Å². The first-order valence-electron chi connectivity index (χ1n) is 5.65. The average molecular weight is 294 g/mol. The number of hydrogen-bond acceptors (Lipinski definition) is 5. The molecule has 0 aliphatic rings. The van der Waals surface area contributed by atoms with E-state index < -0.39 is 0 Å². The van der Waals surface area contributed by atoms with Crippen molar-refractivity contribution in [2.24, 2.45) is 0 Å². The molecule has 0 aliphatic carbocycles. The van der Waals surface area contributed by atoms with Crippen molar-refractivity contribution in [3.8, 4) is 10.4 Å². The lowest BCUT2D eigenvalue weighted by Crippen LogP contribution is -2.02. The molecule has 1 aromatic carbocycles. The maximum atomic E-state index is 9.00. The number of thiophene rings is 1. The van der Waals surface area contributed by atoms with Crippen LogP contribution in [0.15, 0.2) is 58.5 Å². The zero-order chi connectivity index (χ0) is 12.8. The van der Waals surface area contributed by atoms with E-state index in [0.717, 1.165) is 0 Å². The first-order valence-corrected chi connectivity index (χ1v) is 7.35. The summed E-state index contributed by atoms with van der Waals surface area (Å²) in [5, 5.41) is 11.1. The summed E-state index contributed by atoms with van der Waals surface area (Å²) >= 11 is 3.31. The number of hydrogen-bond donors (Lipinski definition) is 3. The van der Waals surface area contributed by atoms with Gasteiger partial charge in [0.05, 0.1) is 5.76 Å². The van der Waals surface area contributed by atoms with E-state index >= 15 is 0 Å². The standard InChI is InChI=1S/C14H15NOS2.H3N/c1-11(16)8-9-15-18-13-6-4-12(5-7-13)14-3-2-10-17-14;/h2-8,10,15-16H,9H2,1H3;1H3/b11-8-;. The smallest absolute Gasteiger partial charge is 0.0865 e. The molecular weight excluding hydrogens is 276 g/mol. The molecule has 19 heavy (non-hydrogen) atoms. The highest BCUT2D eigenvalue weighted by molar-refractivity contribution is 7.97. The van der Waals surface area contributed by atoms with E-state index in [2.05, 4.69) is 46.5 Å². The first-order chi connectivity index (χ1) is 8.75. The SMILES string of the molecule is C/C(O)=C/CNSc1ccc(-c2cccs2)cc1.N. The lowest BCUT2D eigenvalue weighted by molar-refractivity contribution is 0.412. The fourth-order valence-electron chi connectivity index (χ4n) is 1.44. The Balaban J connectivity index is 0.00000180. The highest BCUT2D eigenvalue weighted by Crippen LogP contribution is 2.26. The minimum atomic E-state index is 0. The Labute approximate surface area is 122 Å². The Bertz CT molecular complexity index is 503. The van der Waals surface area contributed by atoms with Crippen molar-refractivity contribution in [2.75, 3.05) is 6.54 Å².